The van der Waals surface area contributed by atoms with Crippen molar-refractivity contribution in [3.63, 3.8) is 0 Å². The quantitative estimate of drug-likeness (QED) is 0.833. The van der Waals surface area contributed by atoms with Crippen molar-refractivity contribution in [2.45, 2.75) is 10.9 Å². The van der Waals surface area contributed by atoms with E-state index >= 15 is 0 Å². The fraction of sp³-hybridized carbons (Fsp3) is 0.200. The Kier molecular flexibility index (Phi) is 4.30. The van der Waals surface area contributed by atoms with Gasteiger partial charge in [0.1, 0.15) is 0 Å². The molecule has 0 atom stereocenters. The molecule has 0 spiro atoms. The molecule has 86 valence electrons. The maximum absolute atomic E-state index is 8.45. The van der Waals surface area contributed by atoms with E-state index in [9.17, 15) is 0 Å². The minimum absolute atomic E-state index is 0.402. The third-order valence-corrected chi connectivity index (χ3v) is 3.74. The largest absolute Gasteiger partial charge is 0.356 e. The zero-order valence-corrected chi connectivity index (χ0v) is 10.5. The van der Waals surface area contributed by atoms with E-state index in [1.54, 1.807) is 12.4 Å². The van der Waals surface area contributed by atoms with Crippen LogP contribution in [0.15, 0.2) is 28.9 Å². The summed E-state index contributed by atoms with van der Waals surface area (Å²) in [7, 11) is 0. The molecule has 7 heteroatoms. The molecule has 2 aromatic rings. The first-order chi connectivity index (χ1) is 8.38. The van der Waals surface area contributed by atoms with Crippen molar-refractivity contribution in [1.82, 2.24) is 15.2 Å². The number of nitrogens with zero attached hydrogens (tertiary/aromatic N) is 4. The predicted molar refractivity (Wildman–Crippen MR) is 67.8 cm³/mol. The Morgan fingerprint density at radius 2 is 2.18 bits per heavy atom. The molecule has 0 aliphatic carbocycles. The Balaban J connectivity index is 1.87. The van der Waals surface area contributed by atoms with Crippen LogP contribution in [0.5, 0.6) is 0 Å². The highest BCUT2D eigenvalue weighted by molar-refractivity contribution is 8.01. The van der Waals surface area contributed by atoms with Crippen LogP contribution in [-0.4, -0.2) is 20.9 Å². The average molecular weight is 263 g/mol. The Hall–Kier alpha value is -1.65. The van der Waals surface area contributed by atoms with E-state index in [4.69, 9.17) is 5.26 Å². The Morgan fingerprint density at radius 1 is 1.35 bits per heavy atom. The average Bonchev–Trinajstić information content (AvgIpc) is 2.83. The van der Waals surface area contributed by atoms with E-state index in [2.05, 4.69) is 26.6 Å². The van der Waals surface area contributed by atoms with Gasteiger partial charge < -0.3 is 5.32 Å². The summed E-state index contributed by atoms with van der Waals surface area (Å²) in [4.78, 5) is 3.95. The smallest absolute Gasteiger partial charge is 0.206 e. The first-order valence-corrected chi connectivity index (χ1v) is 6.65. The summed E-state index contributed by atoms with van der Waals surface area (Å²) in [6, 6.07) is 5.95. The summed E-state index contributed by atoms with van der Waals surface area (Å²) in [6.07, 6.45) is 3.51. The maximum Gasteiger partial charge on any atom is 0.206 e. The van der Waals surface area contributed by atoms with Crippen LogP contribution in [0.1, 0.15) is 5.56 Å². The molecule has 0 fully saturated rings. The summed E-state index contributed by atoms with van der Waals surface area (Å²) >= 11 is 2.85. The third-order valence-electron chi connectivity index (χ3n) is 1.86. The van der Waals surface area contributed by atoms with Gasteiger partial charge in [-0.1, -0.05) is 23.1 Å². The molecule has 0 amide bonds. The Labute approximate surface area is 107 Å². The lowest BCUT2D eigenvalue weighted by molar-refractivity contribution is 0.995. The van der Waals surface area contributed by atoms with Gasteiger partial charge in [-0.25, -0.2) is 0 Å². The minimum atomic E-state index is 0.402. The summed E-state index contributed by atoms with van der Waals surface area (Å²) in [5.74, 6) is 0.402. The molecule has 2 heterocycles. The highest BCUT2D eigenvalue weighted by Gasteiger charge is 2.03. The summed E-state index contributed by atoms with van der Waals surface area (Å²) in [6.45, 7) is 0.695. The second-order valence-corrected chi connectivity index (χ2v) is 5.23. The molecule has 0 saturated heterocycles. The normalized spacial score (nSPS) is 9.82. The van der Waals surface area contributed by atoms with Crippen molar-refractivity contribution < 1.29 is 0 Å². The molecule has 0 radical (unpaired) electrons. The Bertz CT molecular complexity index is 505. The van der Waals surface area contributed by atoms with E-state index in [0.717, 1.165) is 15.0 Å². The van der Waals surface area contributed by atoms with E-state index in [0.29, 0.717) is 12.3 Å². The first-order valence-electron chi connectivity index (χ1n) is 4.84. The molecule has 0 aliphatic rings. The molecule has 2 rings (SSSR count). The summed E-state index contributed by atoms with van der Waals surface area (Å²) in [5.41, 5.74) is 1.14. The molecule has 17 heavy (non-hydrogen) atoms. The van der Waals surface area contributed by atoms with Crippen LogP contribution in [0.4, 0.5) is 5.13 Å². The molecule has 1 N–H and O–H groups in total. The summed E-state index contributed by atoms with van der Waals surface area (Å²) in [5, 5.41) is 20.4. The van der Waals surface area contributed by atoms with E-state index in [1.807, 2.05) is 12.1 Å². The Morgan fingerprint density at radius 3 is 2.94 bits per heavy atom. The van der Waals surface area contributed by atoms with Gasteiger partial charge in [-0.05, 0) is 17.7 Å². The van der Waals surface area contributed by atoms with E-state index in [1.165, 1.54) is 23.1 Å². The van der Waals surface area contributed by atoms with Crippen molar-refractivity contribution in [3.8, 4) is 6.07 Å². The second-order valence-electron chi connectivity index (χ2n) is 3.03. The van der Waals surface area contributed by atoms with Gasteiger partial charge in [0.25, 0.3) is 0 Å². The zero-order chi connectivity index (χ0) is 11.9. The van der Waals surface area contributed by atoms with Crippen LogP contribution >= 0.6 is 23.1 Å². The van der Waals surface area contributed by atoms with Crippen LogP contribution in [0, 0.1) is 11.3 Å². The molecule has 0 bridgehead atoms. The minimum Gasteiger partial charge on any atom is -0.356 e. The fourth-order valence-electron chi connectivity index (χ4n) is 1.11. The van der Waals surface area contributed by atoms with Crippen molar-refractivity contribution in [2.24, 2.45) is 0 Å². The molecule has 0 aliphatic heterocycles. The van der Waals surface area contributed by atoms with Gasteiger partial charge in [0.2, 0.25) is 5.13 Å². The van der Waals surface area contributed by atoms with Crippen LogP contribution in [-0.2, 0) is 6.54 Å². The van der Waals surface area contributed by atoms with Crippen LogP contribution in [0.2, 0.25) is 0 Å². The van der Waals surface area contributed by atoms with Crippen molar-refractivity contribution >= 4 is 28.2 Å². The zero-order valence-electron chi connectivity index (χ0n) is 8.83. The van der Waals surface area contributed by atoms with Gasteiger partial charge in [-0.15, -0.1) is 10.2 Å². The molecular weight excluding hydrogens is 254 g/mol. The van der Waals surface area contributed by atoms with Gasteiger partial charge in [0.15, 0.2) is 4.34 Å². The lowest BCUT2D eigenvalue weighted by Crippen LogP contribution is -1.98. The van der Waals surface area contributed by atoms with Crippen LogP contribution in [0.3, 0.4) is 0 Å². The lowest BCUT2D eigenvalue weighted by Gasteiger charge is -2.00. The number of pyridine rings is 1. The number of hydrogen-bond acceptors (Lipinski definition) is 7. The lowest BCUT2D eigenvalue weighted by atomic mass is 10.3. The highest BCUT2D eigenvalue weighted by atomic mass is 32.2. The molecule has 5 nitrogen and oxygen atoms in total. The van der Waals surface area contributed by atoms with Crippen molar-refractivity contribution in [2.75, 3.05) is 11.1 Å². The topological polar surface area (TPSA) is 74.5 Å². The summed E-state index contributed by atoms with van der Waals surface area (Å²) < 4.78 is 0.809. The molecule has 0 unspecified atom stereocenters. The molecule has 2 aromatic heterocycles. The molecular formula is C10H9N5S2. The van der Waals surface area contributed by atoms with E-state index in [-0.39, 0.29) is 0 Å². The number of hydrogen-bond donors (Lipinski definition) is 1. The number of nitrogens with one attached hydrogen (secondary N) is 1. The van der Waals surface area contributed by atoms with E-state index < -0.39 is 0 Å². The predicted octanol–water partition coefficient (Wildman–Crippen LogP) is 2.16. The number of thioether (sulfide) groups is 1. The number of rotatable bonds is 5. The fourth-order valence-corrected chi connectivity index (χ4v) is 2.52. The second kappa shape index (κ2) is 6.18. The third kappa shape index (κ3) is 3.69. The van der Waals surface area contributed by atoms with Crippen molar-refractivity contribution in [1.29, 1.82) is 5.26 Å². The number of anilines is 1. The number of aromatic nitrogens is 3. The van der Waals surface area contributed by atoms with Crippen molar-refractivity contribution in [3.05, 3.63) is 30.1 Å². The van der Waals surface area contributed by atoms with Gasteiger partial charge >= 0.3 is 0 Å². The van der Waals surface area contributed by atoms with Crippen LogP contribution < -0.4 is 5.32 Å². The van der Waals surface area contributed by atoms with Gasteiger partial charge in [0, 0.05) is 18.9 Å². The van der Waals surface area contributed by atoms with Gasteiger partial charge in [-0.2, -0.15) is 5.26 Å². The first kappa shape index (κ1) is 11.8. The monoisotopic (exact) mass is 263 g/mol. The van der Waals surface area contributed by atoms with Gasteiger partial charge in [-0.3, -0.25) is 4.98 Å². The standard InChI is InChI=1S/C10H9N5S2/c11-3-6-16-10-15-14-9(17-10)13-7-8-1-4-12-5-2-8/h1-2,4-5H,6-7H2,(H,13,14). The van der Waals surface area contributed by atoms with Crippen LogP contribution in [0.25, 0.3) is 0 Å². The SMILES string of the molecule is N#CCSc1nnc(NCc2ccncc2)s1. The maximum atomic E-state index is 8.45. The van der Waals surface area contributed by atoms with Gasteiger partial charge in [0.05, 0.1) is 11.8 Å². The molecule has 0 saturated carbocycles. The number of nitriles is 1. The molecule has 0 aromatic carbocycles. The highest BCUT2D eigenvalue weighted by Crippen LogP contribution is 2.25.